The molecule has 1 saturated heterocycles. The maximum Gasteiger partial charge on any atom is 0.252 e. The average molecular weight is 283 g/mol. The molecule has 21 heavy (non-hydrogen) atoms. The Morgan fingerprint density at radius 1 is 1.43 bits per heavy atom. The van der Waals surface area contributed by atoms with Gasteiger partial charge in [-0.15, -0.1) is 0 Å². The monoisotopic (exact) mass is 283 g/mol. The average Bonchev–Trinajstić information content (AvgIpc) is 2.99. The summed E-state index contributed by atoms with van der Waals surface area (Å²) in [6.07, 6.45) is 3.45. The summed E-state index contributed by atoms with van der Waals surface area (Å²) in [5.74, 6) is -0.00491. The molecule has 0 saturated carbocycles. The maximum absolute atomic E-state index is 12.4. The molecule has 0 radical (unpaired) electrons. The van der Waals surface area contributed by atoms with E-state index in [0.717, 1.165) is 35.1 Å². The second kappa shape index (κ2) is 6.22. The Balaban J connectivity index is 1.71. The van der Waals surface area contributed by atoms with Crippen molar-refractivity contribution in [1.29, 1.82) is 0 Å². The van der Waals surface area contributed by atoms with Crippen molar-refractivity contribution in [2.45, 2.75) is 32.2 Å². The number of nitrogens with one attached hydrogen (secondary N) is 2. The molecule has 1 fully saturated rings. The van der Waals surface area contributed by atoms with Crippen LogP contribution in [0.1, 0.15) is 35.3 Å². The SMILES string of the molecule is Cc1cc(C(=O)NCC[C@H]2CCCN2)c2ccccc2n1. The largest absolute Gasteiger partial charge is 0.352 e. The molecular formula is C17H21N3O. The van der Waals surface area contributed by atoms with Crippen molar-refractivity contribution in [3.63, 3.8) is 0 Å². The number of benzene rings is 1. The number of fused-ring (bicyclic) bond motifs is 1. The number of aryl methyl sites for hydroxylation is 1. The number of hydrogen-bond donors (Lipinski definition) is 2. The number of para-hydroxylation sites is 1. The van der Waals surface area contributed by atoms with Crippen LogP contribution in [0.4, 0.5) is 0 Å². The molecule has 110 valence electrons. The van der Waals surface area contributed by atoms with Crippen LogP contribution in [0.3, 0.4) is 0 Å². The first-order valence-corrected chi connectivity index (χ1v) is 7.62. The minimum Gasteiger partial charge on any atom is -0.352 e. The summed E-state index contributed by atoms with van der Waals surface area (Å²) in [4.78, 5) is 16.9. The van der Waals surface area contributed by atoms with Gasteiger partial charge in [0.1, 0.15) is 0 Å². The van der Waals surface area contributed by atoms with Gasteiger partial charge in [-0.25, -0.2) is 0 Å². The highest BCUT2D eigenvalue weighted by Gasteiger charge is 2.15. The van der Waals surface area contributed by atoms with E-state index >= 15 is 0 Å². The van der Waals surface area contributed by atoms with Crippen molar-refractivity contribution >= 4 is 16.8 Å². The lowest BCUT2D eigenvalue weighted by Gasteiger charge is -2.12. The van der Waals surface area contributed by atoms with Crippen LogP contribution in [0.25, 0.3) is 10.9 Å². The van der Waals surface area contributed by atoms with Crippen molar-refractivity contribution < 1.29 is 4.79 Å². The van der Waals surface area contributed by atoms with E-state index in [1.807, 2.05) is 37.3 Å². The Hall–Kier alpha value is -1.94. The molecule has 0 bridgehead atoms. The maximum atomic E-state index is 12.4. The second-order valence-electron chi connectivity index (χ2n) is 5.67. The summed E-state index contributed by atoms with van der Waals surface area (Å²) in [7, 11) is 0. The van der Waals surface area contributed by atoms with Crippen molar-refractivity contribution in [3.05, 3.63) is 41.6 Å². The molecule has 0 spiro atoms. The molecule has 4 heteroatoms. The molecule has 2 heterocycles. The normalized spacial score (nSPS) is 18.0. The number of aromatic nitrogens is 1. The highest BCUT2D eigenvalue weighted by molar-refractivity contribution is 6.06. The minimum absolute atomic E-state index is 0.00491. The fraction of sp³-hybridized carbons (Fsp3) is 0.412. The smallest absolute Gasteiger partial charge is 0.252 e. The number of carbonyl (C=O) groups excluding carboxylic acids is 1. The quantitative estimate of drug-likeness (QED) is 0.906. The van der Waals surface area contributed by atoms with Gasteiger partial charge >= 0.3 is 0 Å². The molecule has 1 aliphatic rings. The Kier molecular flexibility index (Phi) is 4.15. The first-order valence-electron chi connectivity index (χ1n) is 7.62. The predicted octanol–water partition coefficient (Wildman–Crippen LogP) is 2.42. The molecule has 1 aromatic carbocycles. The van der Waals surface area contributed by atoms with Crippen molar-refractivity contribution in [3.8, 4) is 0 Å². The van der Waals surface area contributed by atoms with E-state index in [1.165, 1.54) is 12.8 Å². The highest BCUT2D eigenvalue weighted by Crippen LogP contribution is 2.18. The molecule has 0 aliphatic carbocycles. The van der Waals surface area contributed by atoms with Crippen LogP contribution < -0.4 is 10.6 Å². The number of amides is 1. The molecule has 0 unspecified atom stereocenters. The van der Waals surface area contributed by atoms with Crippen LogP contribution >= 0.6 is 0 Å². The van der Waals surface area contributed by atoms with Gasteiger partial charge in [0.25, 0.3) is 5.91 Å². The van der Waals surface area contributed by atoms with E-state index < -0.39 is 0 Å². The number of carbonyl (C=O) groups is 1. The number of pyridine rings is 1. The fourth-order valence-corrected chi connectivity index (χ4v) is 2.95. The summed E-state index contributed by atoms with van der Waals surface area (Å²) in [5, 5.41) is 7.40. The molecule has 2 aromatic rings. The number of nitrogens with zero attached hydrogens (tertiary/aromatic N) is 1. The summed E-state index contributed by atoms with van der Waals surface area (Å²) in [5.41, 5.74) is 2.47. The molecular weight excluding hydrogens is 262 g/mol. The molecule has 1 atom stereocenters. The van der Waals surface area contributed by atoms with Gasteiger partial charge in [0, 0.05) is 23.7 Å². The third-order valence-corrected chi connectivity index (χ3v) is 4.03. The van der Waals surface area contributed by atoms with Gasteiger partial charge in [-0.3, -0.25) is 9.78 Å². The van der Waals surface area contributed by atoms with Gasteiger partial charge in [0.15, 0.2) is 0 Å². The van der Waals surface area contributed by atoms with Crippen molar-refractivity contribution in [2.75, 3.05) is 13.1 Å². The van der Waals surface area contributed by atoms with Crippen molar-refractivity contribution in [1.82, 2.24) is 15.6 Å². The fourth-order valence-electron chi connectivity index (χ4n) is 2.95. The van der Waals surface area contributed by atoms with Gasteiger partial charge in [-0.2, -0.15) is 0 Å². The van der Waals surface area contributed by atoms with Crippen LogP contribution in [0.15, 0.2) is 30.3 Å². The van der Waals surface area contributed by atoms with Gasteiger partial charge < -0.3 is 10.6 Å². The Morgan fingerprint density at radius 2 is 2.29 bits per heavy atom. The zero-order valence-electron chi connectivity index (χ0n) is 12.4. The summed E-state index contributed by atoms with van der Waals surface area (Å²) >= 11 is 0. The molecule has 1 aromatic heterocycles. The van der Waals surface area contributed by atoms with E-state index in [1.54, 1.807) is 0 Å². The van der Waals surface area contributed by atoms with Crippen LogP contribution in [0.2, 0.25) is 0 Å². The lowest BCUT2D eigenvalue weighted by Crippen LogP contribution is -2.30. The van der Waals surface area contributed by atoms with Crippen molar-refractivity contribution in [2.24, 2.45) is 0 Å². The summed E-state index contributed by atoms with van der Waals surface area (Å²) in [6, 6.07) is 10.2. The zero-order valence-corrected chi connectivity index (χ0v) is 12.4. The first-order chi connectivity index (χ1) is 10.2. The molecule has 4 nitrogen and oxygen atoms in total. The molecule has 1 amide bonds. The van der Waals surface area contributed by atoms with E-state index in [0.29, 0.717) is 12.6 Å². The summed E-state index contributed by atoms with van der Waals surface area (Å²) in [6.45, 7) is 3.74. The predicted molar refractivity (Wildman–Crippen MR) is 84.5 cm³/mol. The third kappa shape index (κ3) is 3.22. The Labute approximate surface area is 125 Å². The van der Waals surface area contributed by atoms with E-state index in [9.17, 15) is 4.79 Å². The van der Waals surface area contributed by atoms with Gasteiger partial charge in [0.2, 0.25) is 0 Å². The third-order valence-electron chi connectivity index (χ3n) is 4.03. The van der Waals surface area contributed by atoms with E-state index in [-0.39, 0.29) is 5.91 Å². The molecule has 2 N–H and O–H groups in total. The topological polar surface area (TPSA) is 54.0 Å². The number of hydrogen-bond acceptors (Lipinski definition) is 3. The number of rotatable bonds is 4. The highest BCUT2D eigenvalue weighted by atomic mass is 16.1. The van der Waals surface area contributed by atoms with Crippen LogP contribution in [0.5, 0.6) is 0 Å². The lowest BCUT2D eigenvalue weighted by molar-refractivity contribution is 0.0954. The van der Waals surface area contributed by atoms with Gasteiger partial charge in [0.05, 0.1) is 11.1 Å². The first kappa shape index (κ1) is 14.0. The Morgan fingerprint density at radius 3 is 3.10 bits per heavy atom. The van der Waals surface area contributed by atoms with Crippen LogP contribution in [0, 0.1) is 6.92 Å². The van der Waals surface area contributed by atoms with Crippen LogP contribution in [-0.2, 0) is 0 Å². The lowest BCUT2D eigenvalue weighted by atomic mass is 10.1. The van der Waals surface area contributed by atoms with Gasteiger partial charge in [-0.1, -0.05) is 18.2 Å². The standard InChI is InChI=1S/C17H21N3O/c1-12-11-15(14-6-2-3-7-16(14)20-12)17(21)19-10-8-13-5-4-9-18-13/h2-3,6-7,11,13,18H,4-5,8-10H2,1H3,(H,19,21)/t13-/m1/s1. The van der Waals surface area contributed by atoms with E-state index in [2.05, 4.69) is 15.6 Å². The zero-order chi connectivity index (χ0) is 14.7. The van der Waals surface area contributed by atoms with E-state index in [4.69, 9.17) is 0 Å². The minimum atomic E-state index is -0.00491. The summed E-state index contributed by atoms with van der Waals surface area (Å²) < 4.78 is 0. The van der Waals surface area contributed by atoms with Crippen LogP contribution in [-0.4, -0.2) is 30.0 Å². The Bertz CT molecular complexity index is 648. The molecule has 1 aliphatic heterocycles. The second-order valence-corrected chi connectivity index (χ2v) is 5.67. The molecule has 3 rings (SSSR count). The van der Waals surface area contributed by atoms with Gasteiger partial charge in [-0.05, 0) is 44.9 Å².